The van der Waals surface area contributed by atoms with Crippen LogP contribution >= 0.6 is 0 Å². The van der Waals surface area contributed by atoms with Gasteiger partial charge in [-0.15, -0.1) is 0 Å². The van der Waals surface area contributed by atoms with Gasteiger partial charge in [0, 0.05) is 60.5 Å². The van der Waals surface area contributed by atoms with Crippen molar-refractivity contribution in [3.05, 3.63) is 182 Å². The first-order chi connectivity index (χ1) is 29.2. The summed E-state index contributed by atoms with van der Waals surface area (Å²) in [6, 6.07) is 63.2. The Morgan fingerprint density at radius 1 is 0.339 bits per heavy atom. The van der Waals surface area contributed by atoms with E-state index in [1.165, 1.54) is 21.5 Å². The van der Waals surface area contributed by atoms with Crippen LogP contribution in [0.25, 0.3) is 127 Å². The minimum absolute atomic E-state index is 0.580. The monoisotopic (exact) mass is 754 g/mol. The first-order valence-electron chi connectivity index (χ1n) is 19.8. The Morgan fingerprint density at radius 2 is 0.983 bits per heavy atom. The van der Waals surface area contributed by atoms with Gasteiger partial charge in [0.1, 0.15) is 22.3 Å². The van der Waals surface area contributed by atoms with E-state index in [0.717, 1.165) is 88.1 Å². The van der Waals surface area contributed by atoms with Gasteiger partial charge in [0.15, 0.2) is 17.5 Å². The fourth-order valence-electron chi connectivity index (χ4n) is 9.25. The maximum absolute atomic E-state index is 6.64. The van der Waals surface area contributed by atoms with Crippen LogP contribution in [0.1, 0.15) is 0 Å². The molecule has 274 valence electrons. The molecule has 0 atom stereocenters. The molecule has 59 heavy (non-hydrogen) atoms. The lowest BCUT2D eigenvalue weighted by molar-refractivity contribution is 0.668. The first-order valence-corrected chi connectivity index (χ1v) is 19.8. The molecular formula is C53H30N4O2. The smallest absolute Gasteiger partial charge is 0.164 e. The van der Waals surface area contributed by atoms with Gasteiger partial charge in [0.25, 0.3) is 0 Å². The van der Waals surface area contributed by atoms with Gasteiger partial charge in [-0.05, 0) is 52.6 Å². The highest BCUT2D eigenvalue weighted by Gasteiger charge is 2.22. The molecule has 0 bridgehead atoms. The van der Waals surface area contributed by atoms with Crippen molar-refractivity contribution >= 4 is 87.2 Å². The summed E-state index contributed by atoms with van der Waals surface area (Å²) in [4.78, 5) is 15.6. The zero-order valence-electron chi connectivity index (χ0n) is 31.4. The number of aromatic nitrogens is 4. The maximum Gasteiger partial charge on any atom is 0.164 e. The summed E-state index contributed by atoms with van der Waals surface area (Å²) < 4.78 is 15.3. The number of rotatable bonds is 4. The predicted molar refractivity (Wildman–Crippen MR) is 240 cm³/mol. The van der Waals surface area contributed by atoms with Crippen molar-refractivity contribution in [1.29, 1.82) is 0 Å². The molecule has 0 aliphatic heterocycles. The minimum atomic E-state index is 0.580. The average molecular weight is 755 g/mol. The summed E-state index contributed by atoms with van der Waals surface area (Å²) in [5, 5.41) is 11.2. The molecule has 0 N–H and O–H groups in total. The molecule has 0 saturated carbocycles. The van der Waals surface area contributed by atoms with Gasteiger partial charge < -0.3 is 13.4 Å². The van der Waals surface area contributed by atoms with Crippen LogP contribution in [0.2, 0.25) is 0 Å². The molecule has 0 saturated heterocycles. The molecular weight excluding hydrogens is 725 g/mol. The first kappa shape index (κ1) is 32.0. The second-order valence-corrected chi connectivity index (χ2v) is 15.1. The number of hydrogen-bond donors (Lipinski definition) is 0. The number of para-hydroxylation sites is 3. The third kappa shape index (κ3) is 4.71. The highest BCUT2D eigenvalue weighted by atomic mass is 16.3. The van der Waals surface area contributed by atoms with Gasteiger partial charge in [0.05, 0.1) is 16.7 Å². The lowest BCUT2D eigenvalue weighted by Crippen LogP contribution is -2.01. The number of benzene rings is 9. The van der Waals surface area contributed by atoms with Crippen LogP contribution in [0.15, 0.2) is 191 Å². The van der Waals surface area contributed by atoms with Gasteiger partial charge in [-0.1, -0.05) is 140 Å². The summed E-state index contributed by atoms with van der Waals surface area (Å²) in [5.41, 5.74) is 9.24. The molecule has 0 amide bonds. The second-order valence-electron chi connectivity index (χ2n) is 15.1. The van der Waals surface area contributed by atoms with Gasteiger partial charge in [-0.3, -0.25) is 0 Å². The molecule has 0 aliphatic carbocycles. The van der Waals surface area contributed by atoms with E-state index in [1.54, 1.807) is 0 Å². The third-order valence-corrected chi connectivity index (χ3v) is 11.8. The standard InChI is InChI=1S/C53H30N4O2/c1-2-14-32(15-3-1)51-54-52(56-53(55-51)39-20-12-24-46-50(39)38-19-8-10-22-44(38)58-46)33-25-27-35-40(29-33)43(30-47-49(35)37-18-7-11-23-45(37)59-47)57-41-21-9-6-17-36(41)48-34-16-5-4-13-31(34)26-28-42(48)57/h1-30H. The van der Waals surface area contributed by atoms with E-state index >= 15 is 0 Å². The van der Waals surface area contributed by atoms with Crippen LogP contribution in [0.3, 0.4) is 0 Å². The van der Waals surface area contributed by atoms with Gasteiger partial charge >= 0.3 is 0 Å². The van der Waals surface area contributed by atoms with E-state index in [2.05, 4.69) is 114 Å². The molecule has 4 heterocycles. The summed E-state index contributed by atoms with van der Waals surface area (Å²) in [5.74, 6) is 1.76. The lowest BCUT2D eigenvalue weighted by Gasteiger charge is -2.14. The topological polar surface area (TPSA) is 69.9 Å². The van der Waals surface area contributed by atoms with Crippen molar-refractivity contribution in [1.82, 2.24) is 19.5 Å². The molecule has 4 aromatic heterocycles. The fraction of sp³-hybridized carbons (Fsp3) is 0. The molecule has 0 spiro atoms. The van der Waals surface area contributed by atoms with Crippen molar-refractivity contribution in [3.8, 4) is 39.9 Å². The number of fused-ring (bicyclic) bond motifs is 13. The van der Waals surface area contributed by atoms with Gasteiger partial charge in [0.2, 0.25) is 0 Å². The largest absolute Gasteiger partial charge is 0.456 e. The van der Waals surface area contributed by atoms with Crippen LogP contribution in [0.4, 0.5) is 0 Å². The van der Waals surface area contributed by atoms with Crippen LogP contribution in [-0.4, -0.2) is 19.5 Å². The highest BCUT2D eigenvalue weighted by molar-refractivity contribution is 6.24. The molecule has 13 rings (SSSR count). The Kier molecular flexibility index (Phi) is 6.63. The molecule has 0 fully saturated rings. The molecule has 0 unspecified atom stereocenters. The van der Waals surface area contributed by atoms with Crippen molar-refractivity contribution < 1.29 is 8.83 Å². The van der Waals surface area contributed by atoms with Crippen molar-refractivity contribution in [3.63, 3.8) is 0 Å². The summed E-state index contributed by atoms with van der Waals surface area (Å²) in [6.07, 6.45) is 0. The summed E-state index contributed by atoms with van der Waals surface area (Å²) in [6.45, 7) is 0. The normalized spacial score (nSPS) is 12.1. The molecule has 6 heteroatoms. The quantitative estimate of drug-likeness (QED) is 0.179. The van der Waals surface area contributed by atoms with Crippen LogP contribution in [0, 0.1) is 0 Å². The Morgan fingerprint density at radius 3 is 1.81 bits per heavy atom. The molecule has 0 aliphatic rings. The van der Waals surface area contributed by atoms with E-state index in [-0.39, 0.29) is 0 Å². The van der Waals surface area contributed by atoms with Crippen molar-refractivity contribution in [2.45, 2.75) is 0 Å². The molecule has 0 radical (unpaired) electrons. The Hall–Kier alpha value is -8.09. The predicted octanol–water partition coefficient (Wildman–Crippen LogP) is 14.1. The van der Waals surface area contributed by atoms with Gasteiger partial charge in [-0.2, -0.15) is 0 Å². The third-order valence-electron chi connectivity index (χ3n) is 11.8. The second kappa shape index (κ2) is 12.2. The maximum atomic E-state index is 6.64. The summed E-state index contributed by atoms with van der Waals surface area (Å²) >= 11 is 0. The SMILES string of the molecule is c1ccc(-c2nc(-c3ccc4c(c3)c(-n3c5ccccc5c5c6ccccc6ccc53)cc3oc5ccccc5c34)nc(-c3cccc4oc5ccccc5c34)n2)cc1. The number of furan rings is 2. The van der Waals surface area contributed by atoms with E-state index in [9.17, 15) is 0 Å². The Bertz CT molecular complexity index is 3860. The van der Waals surface area contributed by atoms with Crippen LogP contribution < -0.4 is 0 Å². The fourth-order valence-corrected chi connectivity index (χ4v) is 9.25. The lowest BCUT2D eigenvalue weighted by atomic mass is 9.99. The van der Waals surface area contributed by atoms with Crippen molar-refractivity contribution in [2.24, 2.45) is 0 Å². The Labute approximate surface area is 336 Å². The van der Waals surface area contributed by atoms with Crippen molar-refractivity contribution in [2.75, 3.05) is 0 Å². The van der Waals surface area contributed by atoms with E-state index in [4.69, 9.17) is 23.8 Å². The minimum Gasteiger partial charge on any atom is -0.456 e. The number of hydrogen-bond acceptors (Lipinski definition) is 5. The Balaban J connectivity index is 1.13. The summed E-state index contributed by atoms with van der Waals surface area (Å²) in [7, 11) is 0. The van der Waals surface area contributed by atoms with Crippen LogP contribution in [-0.2, 0) is 0 Å². The molecule has 9 aromatic carbocycles. The number of nitrogens with zero attached hydrogens (tertiary/aromatic N) is 4. The average Bonchev–Trinajstić information content (AvgIpc) is 3.98. The van der Waals surface area contributed by atoms with Gasteiger partial charge in [-0.25, -0.2) is 15.0 Å². The molecule has 13 aromatic rings. The van der Waals surface area contributed by atoms with E-state index in [1.807, 2.05) is 72.8 Å². The zero-order chi connectivity index (χ0) is 38.6. The van der Waals surface area contributed by atoms with E-state index in [0.29, 0.717) is 17.5 Å². The van der Waals surface area contributed by atoms with Crippen LogP contribution in [0.5, 0.6) is 0 Å². The molecule has 6 nitrogen and oxygen atoms in total. The van der Waals surface area contributed by atoms with E-state index < -0.39 is 0 Å². The highest BCUT2D eigenvalue weighted by Crippen LogP contribution is 2.44. The zero-order valence-corrected chi connectivity index (χ0v) is 31.4.